The summed E-state index contributed by atoms with van der Waals surface area (Å²) in [6.45, 7) is 6.37. The number of carbonyl (C=O) groups is 2. The van der Waals surface area contributed by atoms with Gasteiger partial charge in [0, 0.05) is 35.7 Å². The lowest BCUT2D eigenvalue weighted by Gasteiger charge is -2.43. The van der Waals surface area contributed by atoms with Gasteiger partial charge in [0.05, 0.1) is 0 Å². The molecule has 0 N–H and O–H groups in total. The number of benzene rings is 3. The van der Waals surface area contributed by atoms with E-state index in [9.17, 15) is 9.59 Å². The van der Waals surface area contributed by atoms with Crippen molar-refractivity contribution in [3.63, 3.8) is 0 Å². The Balaban J connectivity index is 1.71. The first kappa shape index (κ1) is 20.7. The molecule has 0 fully saturated rings. The number of carbonyl (C=O) groups excluding carboxylic acids is 2. The monoisotopic (exact) mass is 423 g/mol. The number of nitrogens with zero attached hydrogens (tertiary/aromatic N) is 1. The maximum atomic E-state index is 13.6. The van der Waals surface area contributed by atoms with Gasteiger partial charge in [-0.3, -0.25) is 14.5 Å². The molecule has 1 unspecified atom stereocenters. The van der Waals surface area contributed by atoms with Crippen molar-refractivity contribution in [1.29, 1.82) is 0 Å². The molecule has 32 heavy (non-hydrogen) atoms. The molecule has 3 nitrogen and oxygen atoms in total. The van der Waals surface area contributed by atoms with Crippen LogP contribution in [0, 0.1) is 5.41 Å². The second-order valence-electron chi connectivity index (χ2n) is 9.88. The highest BCUT2D eigenvalue weighted by Crippen LogP contribution is 2.49. The van der Waals surface area contributed by atoms with E-state index in [0.717, 1.165) is 46.1 Å². The summed E-state index contributed by atoms with van der Waals surface area (Å²) in [5.41, 5.74) is 4.74. The van der Waals surface area contributed by atoms with Crippen LogP contribution >= 0.6 is 0 Å². The number of hydrogen-bond acceptors (Lipinski definition) is 2. The molecule has 0 bridgehead atoms. The van der Waals surface area contributed by atoms with Gasteiger partial charge in [0.25, 0.3) is 0 Å². The van der Waals surface area contributed by atoms with Gasteiger partial charge in [0.15, 0.2) is 5.78 Å². The molecule has 1 amide bonds. The minimum Gasteiger partial charge on any atom is -0.294 e. The van der Waals surface area contributed by atoms with Crippen molar-refractivity contribution in [2.75, 3.05) is 4.90 Å². The van der Waals surface area contributed by atoms with Gasteiger partial charge in [-0.05, 0) is 52.3 Å². The molecule has 1 aliphatic carbocycles. The summed E-state index contributed by atoms with van der Waals surface area (Å²) in [6.07, 6.45) is 2.51. The van der Waals surface area contributed by atoms with Crippen LogP contribution in [0.5, 0.6) is 0 Å². The minimum absolute atomic E-state index is 0.0661. The van der Waals surface area contributed by atoms with Crippen molar-refractivity contribution in [3.8, 4) is 0 Å². The highest BCUT2D eigenvalue weighted by Gasteiger charge is 2.44. The predicted octanol–water partition coefficient (Wildman–Crippen LogP) is 6.57. The van der Waals surface area contributed by atoms with E-state index in [1.54, 1.807) is 0 Å². The first-order valence-corrected chi connectivity index (χ1v) is 11.5. The van der Waals surface area contributed by atoms with E-state index in [4.69, 9.17) is 0 Å². The number of amides is 1. The van der Waals surface area contributed by atoms with Crippen LogP contribution in [0.4, 0.5) is 5.69 Å². The van der Waals surface area contributed by atoms with Gasteiger partial charge in [-0.15, -0.1) is 0 Å². The van der Waals surface area contributed by atoms with E-state index >= 15 is 0 Å². The SMILES string of the molecule is CCc1ccc(N2C(=O)CC(c3cccc4ccccc34)C3=C2CC(C)(C)CC3=O)cc1. The molecule has 0 aromatic heterocycles. The standard InChI is InChI=1S/C29H29NO2/c1-4-19-12-14-21(15-13-19)30-25-17-29(2,3)18-26(31)28(25)24(16-27(30)32)23-11-7-9-20-8-5-6-10-22(20)23/h5-15,24H,4,16-18H2,1-3H3. The van der Waals surface area contributed by atoms with Crippen LogP contribution in [0.3, 0.4) is 0 Å². The lowest BCUT2D eigenvalue weighted by Crippen LogP contribution is -2.43. The number of hydrogen-bond donors (Lipinski definition) is 0. The lowest BCUT2D eigenvalue weighted by atomic mass is 9.69. The molecule has 3 aromatic carbocycles. The normalized spacial score (nSPS) is 20.6. The van der Waals surface area contributed by atoms with Crippen LogP contribution in [0.1, 0.15) is 57.1 Å². The van der Waals surface area contributed by atoms with Gasteiger partial charge in [-0.2, -0.15) is 0 Å². The molecule has 5 rings (SSSR count). The molecule has 3 aromatic rings. The number of ketones is 1. The van der Waals surface area contributed by atoms with Gasteiger partial charge < -0.3 is 0 Å². The van der Waals surface area contributed by atoms with E-state index in [-0.39, 0.29) is 23.0 Å². The van der Waals surface area contributed by atoms with Crippen LogP contribution in [-0.4, -0.2) is 11.7 Å². The number of anilines is 1. The molecule has 0 saturated carbocycles. The Labute approximate surface area is 189 Å². The zero-order valence-corrected chi connectivity index (χ0v) is 19.0. The van der Waals surface area contributed by atoms with E-state index in [1.807, 2.05) is 35.2 Å². The molecule has 3 heteroatoms. The van der Waals surface area contributed by atoms with Crippen molar-refractivity contribution in [2.24, 2.45) is 5.41 Å². The van der Waals surface area contributed by atoms with E-state index < -0.39 is 0 Å². The Kier molecular flexibility index (Phi) is 5.00. The van der Waals surface area contributed by atoms with Crippen LogP contribution < -0.4 is 4.90 Å². The quantitative estimate of drug-likeness (QED) is 0.478. The zero-order chi connectivity index (χ0) is 22.5. The molecular formula is C29H29NO2. The Morgan fingerprint density at radius 1 is 0.906 bits per heavy atom. The van der Waals surface area contributed by atoms with Crippen molar-refractivity contribution in [3.05, 3.63) is 89.1 Å². The minimum atomic E-state index is -0.196. The van der Waals surface area contributed by atoms with E-state index in [1.165, 1.54) is 5.56 Å². The highest BCUT2D eigenvalue weighted by molar-refractivity contribution is 6.08. The molecular weight excluding hydrogens is 394 g/mol. The molecule has 2 aliphatic rings. The van der Waals surface area contributed by atoms with Crippen LogP contribution in [0.2, 0.25) is 0 Å². The molecule has 0 saturated heterocycles. The van der Waals surface area contributed by atoms with Gasteiger partial charge in [-0.25, -0.2) is 0 Å². The van der Waals surface area contributed by atoms with E-state index in [0.29, 0.717) is 12.8 Å². The van der Waals surface area contributed by atoms with Crippen LogP contribution in [-0.2, 0) is 16.0 Å². The summed E-state index contributed by atoms with van der Waals surface area (Å²) in [6, 6.07) is 22.7. The summed E-state index contributed by atoms with van der Waals surface area (Å²) in [4.78, 5) is 29.0. The molecule has 0 spiro atoms. The first-order valence-electron chi connectivity index (χ1n) is 11.5. The average Bonchev–Trinajstić information content (AvgIpc) is 2.77. The predicted molar refractivity (Wildman–Crippen MR) is 130 cm³/mol. The van der Waals surface area contributed by atoms with Crippen molar-refractivity contribution >= 4 is 28.2 Å². The molecule has 162 valence electrons. The molecule has 1 aliphatic heterocycles. The number of Topliss-reactive ketones (excluding diaryl/α,β-unsaturated/α-hetero) is 1. The van der Waals surface area contributed by atoms with Gasteiger partial charge in [-0.1, -0.05) is 75.4 Å². The fraction of sp³-hybridized carbons (Fsp3) is 0.310. The van der Waals surface area contributed by atoms with Crippen molar-refractivity contribution in [2.45, 2.75) is 52.4 Å². The molecule has 0 radical (unpaired) electrons. The van der Waals surface area contributed by atoms with Crippen LogP contribution in [0.25, 0.3) is 10.8 Å². The lowest BCUT2D eigenvalue weighted by molar-refractivity contribution is -0.120. The van der Waals surface area contributed by atoms with E-state index in [2.05, 4.69) is 57.2 Å². The summed E-state index contributed by atoms with van der Waals surface area (Å²) in [5.74, 6) is 0.0478. The summed E-state index contributed by atoms with van der Waals surface area (Å²) in [7, 11) is 0. The number of allylic oxidation sites excluding steroid dienone is 2. The molecule has 1 heterocycles. The van der Waals surface area contributed by atoms with Crippen LogP contribution in [0.15, 0.2) is 78.0 Å². The Hall–Kier alpha value is -3.20. The topological polar surface area (TPSA) is 37.4 Å². The fourth-order valence-corrected chi connectivity index (χ4v) is 5.42. The zero-order valence-electron chi connectivity index (χ0n) is 19.0. The largest absolute Gasteiger partial charge is 0.294 e. The third kappa shape index (κ3) is 3.46. The third-order valence-electron chi connectivity index (χ3n) is 6.94. The summed E-state index contributed by atoms with van der Waals surface area (Å²) >= 11 is 0. The summed E-state index contributed by atoms with van der Waals surface area (Å²) < 4.78 is 0. The maximum absolute atomic E-state index is 13.6. The maximum Gasteiger partial charge on any atom is 0.232 e. The molecule has 1 atom stereocenters. The Morgan fingerprint density at radius 3 is 2.38 bits per heavy atom. The van der Waals surface area contributed by atoms with Gasteiger partial charge in [0.1, 0.15) is 0 Å². The Bertz CT molecular complexity index is 1240. The fourth-order valence-electron chi connectivity index (χ4n) is 5.42. The average molecular weight is 424 g/mol. The first-order chi connectivity index (χ1) is 15.4. The second kappa shape index (κ2) is 7.74. The van der Waals surface area contributed by atoms with Gasteiger partial charge in [0.2, 0.25) is 5.91 Å². The smallest absolute Gasteiger partial charge is 0.232 e. The number of fused-ring (bicyclic) bond motifs is 1. The highest BCUT2D eigenvalue weighted by atomic mass is 16.2. The third-order valence-corrected chi connectivity index (χ3v) is 6.94. The van der Waals surface area contributed by atoms with Crippen molar-refractivity contribution in [1.82, 2.24) is 0 Å². The van der Waals surface area contributed by atoms with Crippen molar-refractivity contribution < 1.29 is 9.59 Å². The number of aryl methyl sites for hydroxylation is 1. The summed E-state index contributed by atoms with van der Waals surface area (Å²) in [5, 5.41) is 2.26. The number of rotatable bonds is 3. The van der Waals surface area contributed by atoms with Gasteiger partial charge >= 0.3 is 0 Å². The second-order valence-corrected chi connectivity index (χ2v) is 9.88. The Morgan fingerprint density at radius 2 is 1.62 bits per heavy atom.